The van der Waals surface area contributed by atoms with Crippen molar-refractivity contribution in [3.63, 3.8) is 0 Å². The predicted octanol–water partition coefficient (Wildman–Crippen LogP) is 4.02. The summed E-state index contributed by atoms with van der Waals surface area (Å²) in [7, 11) is 1.71. The molecule has 1 heterocycles. The molecule has 0 aromatic heterocycles. The number of hydrogen-bond acceptors (Lipinski definition) is 2. The van der Waals surface area contributed by atoms with E-state index in [0.717, 1.165) is 12.2 Å². The third kappa shape index (κ3) is 2.19. The van der Waals surface area contributed by atoms with Gasteiger partial charge in [0, 0.05) is 5.69 Å². The molecule has 19 heavy (non-hydrogen) atoms. The van der Waals surface area contributed by atoms with Crippen molar-refractivity contribution in [3.8, 4) is 5.75 Å². The summed E-state index contributed by atoms with van der Waals surface area (Å²) in [5, 5.41) is 3.63. The van der Waals surface area contributed by atoms with E-state index in [-0.39, 0.29) is 0 Å². The Hall–Kier alpha value is -1.96. The van der Waals surface area contributed by atoms with Gasteiger partial charge in [0.05, 0.1) is 13.2 Å². The van der Waals surface area contributed by atoms with Crippen LogP contribution in [0.15, 0.2) is 36.4 Å². The maximum atomic E-state index is 5.31. The summed E-state index contributed by atoms with van der Waals surface area (Å²) in [6.45, 7) is 4.34. The van der Waals surface area contributed by atoms with Crippen molar-refractivity contribution >= 4 is 5.69 Å². The van der Waals surface area contributed by atoms with E-state index < -0.39 is 0 Å². The van der Waals surface area contributed by atoms with Gasteiger partial charge in [0.25, 0.3) is 0 Å². The maximum Gasteiger partial charge on any atom is 0.119 e. The Morgan fingerprint density at radius 1 is 1.16 bits per heavy atom. The molecule has 0 radical (unpaired) electrons. The molecule has 1 aliphatic rings. The minimum absolute atomic E-state index is 0.352. The number of rotatable bonds is 2. The standard InChI is InChI=1S/C17H19NO/c1-11-7-12(2)15-10-16(18-17(15)8-11)13-5-4-6-14(9-13)19-3/h4-9,16,18H,10H2,1-3H3. The highest BCUT2D eigenvalue weighted by Gasteiger charge is 2.23. The molecule has 2 heteroatoms. The van der Waals surface area contributed by atoms with Gasteiger partial charge in [-0.05, 0) is 60.7 Å². The Morgan fingerprint density at radius 2 is 2.00 bits per heavy atom. The van der Waals surface area contributed by atoms with E-state index in [9.17, 15) is 0 Å². The van der Waals surface area contributed by atoms with Gasteiger partial charge in [-0.15, -0.1) is 0 Å². The molecule has 2 aromatic carbocycles. The molecule has 2 aromatic rings. The van der Waals surface area contributed by atoms with Crippen LogP contribution in [0.25, 0.3) is 0 Å². The second kappa shape index (κ2) is 4.61. The van der Waals surface area contributed by atoms with E-state index in [0.29, 0.717) is 6.04 Å². The monoisotopic (exact) mass is 253 g/mol. The molecule has 1 N–H and O–H groups in total. The van der Waals surface area contributed by atoms with Gasteiger partial charge in [0.15, 0.2) is 0 Å². The smallest absolute Gasteiger partial charge is 0.119 e. The zero-order valence-electron chi connectivity index (χ0n) is 11.7. The maximum absolute atomic E-state index is 5.31. The minimum Gasteiger partial charge on any atom is -0.497 e. The first-order valence-electron chi connectivity index (χ1n) is 6.68. The molecule has 98 valence electrons. The first-order chi connectivity index (χ1) is 9.17. The van der Waals surface area contributed by atoms with Gasteiger partial charge in [-0.2, -0.15) is 0 Å². The van der Waals surface area contributed by atoms with Crippen LogP contribution in [-0.2, 0) is 6.42 Å². The molecule has 0 saturated heterocycles. The van der Waals surface area contributed by atoms with Gasteiger partial charge in [0.1, 0.15) is 5.75 Å². The first kappa shape index (κ1) is 12.1. The Bertz CT molecular complexity index is 619. The average molecular weight is 253 g/mol. The van der Waals surface area contributed by atoms with Gasteiger partial charge in [0.2, 0.25) is 0 Å². The number of benzene rings is 2. The fourth-order valence-electron chi connectivity index (χ4n) is 2.90. The number of fused-ring (bicyclic) bond motifs is 1. The summed E-state index contributed by atoms with van der Waals surface area (Å²) in [5.74, 6) is 0.920. The van der Waals surface area contributed by atoms with Crippen LogP contribution in [0.3, 0.4) is 0 Å². The summed E-state index contributed by atoms with van der Waals surface area (Å²) in [5.41, 5.74) is 6.71. The van der Waals surface area contributed by atoms with E-state index in [4.69, 9.17) is 4.74 Å². The number of ether oxygens (including phenoxy) is 1. The average Bonchev–Trinajstić information content (AvgIpc) is 2.83. The van der Waals surface area contributed by atoms with Crippen LogP contribution in [0.5, 0.6) is 5.75 Å². The van der Waals surface area contributed by atoms with Crippen molar-refractivity contribution < 1.29 is 4.74 Å². The SMILES string of the molecule is COc1cccc(C2Cc3c(C)cc(C)cc3N2)c1. The summed E-state index contributed by atoms with van der Waals surface area (Å²) in [6, 6.07) is 13.2. The largest absolute Gasteiger partial charge is 0.497 e. The highest BCUT2D eigenvalue weighted by molar-refractivity contribution is 5.62. The zero-order valence-corrected chi connectivity index (χ0v) is 11.7. The lowest BCUT2D eigenvalue weighted by atomic mass is 9.99. The van der Waals surface area contributed by atoms with E-state index in [1.165, 1.54) is 27.9 Å². The summed E-state index contributed by atoms with van der Waals surface area (Å²) in [6.07, 6.45) is 1.05. The van der Waals surface area contributed by atoms with Crippen LogP contribution in [0.4, 0.5) is 5.69 Å². The molecule has 0 bridgehead atoms. The molecule has 0 spiro atoms. The quantitative estimate of drug-likeness (QED) is 0.872. The third-order valence-electron chi connectivity index (χ3n) is 3.85. The van der Waals surface area contributed by atoms with Crippen molar-refractivity contribution in [3.05, 3.63) is 58.7 Å². The highest BCUT2D eigenvalue weighted by atomic mass is 16.5. The van der Waals surface area contributed by atoms with Gasteiger partial charge in [-0.1, -0.05) is 18.2 Å². The van der Waals surface area contributed by atoms with Crippen molar-refractivity contribution in [1.82, 2.24) is 0 Å². The van der Waals surface area contributed by atoms with Crippen LogP contribution in [0, 0.1) is 13.8 Å². The lowest BCUT2D eigenvalue weighted by Crippen LogP contribution is -2.05. The number of anilines is 1. The minimum atomic E-state index is 0.352. The van der Waals surface area contributed by atoms with E-state index in [1.807, 2.05) is 6.07 Å². The number of hydrogen-bond donors (Lipinski definition) is 1. The summed E-state index contributed by atoms with van der Waals surface area (Å²) in [4.78, 5) is 0. The molecular formula is C17H19NO. The van der Waals surface area contributed by atoms with Crippen LogP contribution in [0.2, 0.25) is 0 Å². The lowest BCUT2D eigenvalue weighted by molar-refractivity contribution is 0.414. The second-order valence-electron chi connectivity index (χ2n) is 5.29. The Balaban J connectivity index is 1.93. The Labute approximate surface area is 114 Å². The zero-order chi connectivity index (χ0) is 13.4. The van der Waals surface area contributed by atoms with Crippen LogP contribution >= 0.6 is 0 Å². The fraction of sp³-hybridized carbons (Fsp3) is 0.294. The Kier molecular flexibility index (Phi) is 2.94. The normalized spacial score (nSPS) is 16.9. The fourth-order valence-corrected chi connectivity index (χ4v) is 2.90. The number of aryl methyl sites for hydroxylation is 2. The summed E-state index contributed by atoms with van der Waals surface area (Å²) < 4.78 is 5.31. The van der Waals surface area contributed by atoms with Crippen LogP contribution in [-0.4, -0.2) is 7.11 Å². The van der Waals surface area contributed by atoms with Crippen molar-refractivity contribution in [2.75, 3.05) is 12.4 Å². The topological polar surface area (TPSA) is 21.3 Å². The summed E-state index contributed by atoms with van der Waals surface area (Å²) >= 11 is 0. The van der Waals surface area contributed by atoms with E-state index in [2.05, 4.69) is 49.5 Å². The first-order valence-corrected chi connectivity index (χ1v) is 6.68. The molecule has 3 rings (SSSR count). The Morgan fingerprint density at radius 3 is 2.79 bits per heavy atom. The third-order valence-corrected chi connectivity index (χ3v) is 3.85. The van der Waals surface area contributed by atoms with Crippen molar-refractivity contribution in [2.45, 2.75) is 26.3 Å². The van der Waals surface area contributed by atoms with Gasteiger partial charge < -0.3 is 10.1 Å². The molecule has 0 saturated carbocycles. The molecule has 1 atom stereocenters. The second-order valence-corrected chi connectivity index (χ2v) is 5.29. The molecular weight excluding hydrogens is 234 g/mol. The molecule has 2 nitrogen and oxygen atoms in total. The molecule has 0 aliphatic carbocycles. The number of nitrogens with one attached hydrogen (secondary N) is 1. The highest BCUT2D eigenvalue weighted by Crippen LogP contribution is 2.37. The molecule has 0 fully saturated rings. The lowest BCUT2D eigenvalue weighted by Gasteiger charge is -2.12. The molecule has 0 amide bonds. The van der Waals surface area contributed by atoms with Gasteiger partial charge in [-0.3, -0.25) is 0 Å². The van der Waals surface area contributed by atoms with Crippen LogP contribution in [0.1, 0.15) is 28.3 Å². The molecule has 1 aliphatic heterocycles. The van der Waals surface area contributed by atoms with E-state index >= 15 is 0 Å². The van der Waals surface area contributed by atoms with Crippen molar-refractivity contribution in [2.24, 2.45) is 0 Å². The number of methoxy groups -OCH3 is 1. The van der Waals surface area contributed by atoms with E-state index in [1.54, 1.807) is 7.11 Å². The molecule has 1 unspecified atom stereocenters. The van der Waals surface area contributed by atoms with Crippen LogP contribution < -0.4 is 10.1 Å². The van der Waals surface area contributed by atoms with Gasteiger partial charge in [-0.25, -0.2) is 0 Å². The van der Waals surface area contributed by atoms with Crippen molar-refractivity contribution in [1.29, 1.82) is 0 Å². The predicted molar refractivity (Wildman–Crippen MR) is 79.0 cm³/mol. The van der Waals surface area contributed by atoms with Gasteiger partial charge >= 0.3 is 0 Å².